The number of hydrogen-bond acceptors (Lipinski definition) is 3. The maximum absolute atomic E-state index is 14.1. The standard InChI is InChI=1S/C22H21ClFN3O2/c1-2-9-27(22(29)17-11-16(17)14-5-3-4-6-18(14)24)12-20-25-19-10-13(23)7-8-15(19)21(28)26-20/h3-8,10,16-17H,2,9,11-12H2,1H3,(H,25,26,28). The van der Waals surface area contributed by atoms with Gasteiger partial charge >= 0.3 is 0 Å². The monoisotopic (exact) mass is 413 g/mol. The van der Waals surface area contributed by atoms with Crippen LogP contribution in [-0.4, -0.2) is 27.3 Å². The van der Waals surface area contributed by atoms with E-state index in [1.165, 1.54) is 6.07 Å². The second-order valence-electron chi connectivity index (χ2n) is 7.40. The predicted octanol–water partition coefficient (Wildman–Crippen LogP) is 4.26. The summed E-state index contributed by atoms with van der Waals surface area (Å²) in [6.07, 6.45) is 1.41. The first kappa shape index (κ1) is 19.6. The average Bonchev–Trinajstić information content (AvgIpc) is 3.47. The predicted molar refractivity (Wildman–Crippen MR) is 110 cm³/mol. The van der Waals surface area contributed by atoms with E-state index in [1.54, 1.807) is 41.3 Å². The van der Waals surface area contributed by atoms with Crippen LogP contribution >= 0.6 is 11.6 Å². The molecular weight excluding hydrogens is 393 g/mol. The van der Waals surface area contributed by atoms with Crippen molar-refractivity contribution in [2.24, 2.45) is 5.92 Å². The lowest BCUT2D eigenvalue weighted by atomic mass is 10.1. The lowest BCUT2D eigenvalue weighted by Gasteiger charge is -2.22. The minimum atomic E-state index is -0.271. The quantitative estimate of drug-likeness (QED) is 0.656. The highest BCUT2D eigenvalue weighted by Crippen LogP contribution is 2.49. The van der Waals surface area contributed by atoms with Crippen LogP contribution in [0.4, 0.5) is 4.39 Å². The van der Waals surface area contributed by atoms with Gasteiger partial charge in [0.05, 0.1) is 17.4 Å². The number of hydrogen-bond donors (Lipinski definition) is 1. The van der Waals surface area contributed by atoms with Crippen molar-refractivity contribution in [3.05, 3.63) is 75.0 Å². The van der Waals surface area contributed by atoms with Crippen LogP contribution in [0.15, 0.2) is 47.3 Å². The molecule has 4 rings (SSSR count). The summed E-state index contributed by atoms with van der Waals surface area (Å²) in [4.78, 5) is 34.4. The van der Waals surface area contributed by atoms with E-state index in [4.69, 9.17) is 11.6 Å². The van der Waals surface area contributed by atoms with Gasteiger partial charge in [0.15, 0.2) is 0 Å². The van der Waals surface area contributed by atoms with Crippen LogP contribution in [-0.2, 0) is 11.3 Å². The van der Waals surface area contributed by atoms with Crippen molar-refractivity contribution in [2.45, 2.75) is 32.2 Å². The molecular formula is C22H21ClFN3O2. The molecule has 0 bridgehead atoms. The Labute approximate surface area is 172 Å². The fraction of sp³-hybridized carbons (Fsp3) is 0.318. The molecule has 0 aliphatic heterocycles. The van der Waals surface area contributed by atoms with E-state index >= 15 is 0 Å². The van der Waals surface area contributed by atoms with Crippen molar-refractivity contribution in [1.82, 2.24) is 14.9 Å². The number of benzene rings is 2. The number of aromatic amines is 1. The number of rotatable bonds is 6. The van der Waals surface area contributed by atoms with Crippen molar-refractivity contribution in [1.29, 1.82) is 0 Å². The van der Waals surface area contributed by atoms with Crippen molar-refractivity contribution in [2.75, 3.05) is 6.54 Å². The molecule has 0 radical (unpaired) electrons. The molecule has 0 spiro atoms. The molecule has 7 heteroatoms. The Morgan fingerprint density at radius 3 is 2.86 bits per heavy atom. The number of aromatic nitrogens is 2. The summed E-state index contributed by atoms with van der Waals surface area (Å²) in [5.41, 5.74) is 0.825. The number of H-pyrrole nitrogens is 1. The zero-order valence-electron chi connectivity index (χ0n) is 16.0. The first-order chi connectivity index (χ1) is 14.0. The lowest BCUT2D eigenvalue weighted by Crippen LogP contribution is -2.34. The van der Waals surface area contributed by atoms with E-state index in [0.29, 0.717) is 40.3 Å². The molecule has 2 atom stereocenters. The Morgan fingerprint density at radius 2 is 2.10 bits per heavy atom. The Bertz CT molecular complexity index is 1130. The van der Waals surface area contributed by atoms with Gasteiger partial charge in [-0.25, -0.2) is 9.37 Å². The number of nitrogens with zero attached hydrogens (tertiary/aromatic N) is 2. The van der Waals surface area contributed by atoms with Gasteiger partial charge in [0, 0.05) is 17.5 Å². The minimum Gasteiger partial charge on any atom is -0.335 e. The normalized spacial score (nSPS) is 18.0. The first-order valence-corrected chi connectivity index (χ1v) is 10.1. The summed E-state index contributed by atoms with van der Waals surface area (Å²) in [6, 6.07) is 11.5. The van der Waals surface area contributed by atoms with E-state index in [2.05, 4.69) is 9.97 Å². The van der Waals surface area contributed by atoms with E-state index < -0.39 is 0 Å². The first-order valence-electron chi connectivity index (χ1n) is 9.69. The Balaban J connectivity index is 1.56. The van der Waals surface area contributed by atoms with Gasteiger partial charge in [0.2, 0.25) is 5.91 Å². The van der Waals surface area contributed by atoms with Crippen LogP contribution in [0, 0.1) is 11.7 Å². The molecule has 2 unspecified atom stereocenters. The summed E-state index contributed by atoms with van der Waals surface area (Å²) >= 11 is 6.02. The van der Waals surface area contributed by atoms with Gasteiger partial charge in [0.25, 0.3) is 5.56 Å². The summed E-state index contributed by atoms with van der Waals surface area (Å²) in [5.74, 6) is -0.221. The summed E-state index contributed by atoms with van der Waals surface area (Å²) < 4.78 is 14.1. The van der Waals surface area contributed by atoms with Crippen molar-refractivity contribution >= 4 is 28.4 Å². The van der Waals surface area contributed by atoms with Crippen LogP contribution in [0.1, 0.15) is 37.1 Å². The SMILES string of the molecule is CCCN(Cc1nc2cc(Cl)ccc2c(=O)[nH]1)C(=O)C1CC1c1ccccc1F. The van der Waals surface area contributed by atoms with E-state index in [1.807, 2.05) is 6.92 Å². The Morgan fingerprint density at radius 1 is 1.31 bits per heavy atom. The number of nitrogens with one attached hydrogen (secondary N) is 1. The molecule has 5 nitrogen and oxygen atoms in total. The van der Waals surface area contributed by atoms with Crippen LogP contribution in [0.5, 0.6) is 0 Å². The fourth-order valence-corrected chi connectivity index (χ4v) is 3.94. The molecule has 1 amide bonds. The third-order valence-electron chi connectivity index (χ3n) is 5.28. The van der Waals surface area contributed by atoms with Gasteiger partial charge in [0.1, 0.15) is 11.6 Å². The maximum Gasteiger partial charge on any atom is 0.258 e. The third-order valence-corrected chi connectivity index (χ3v) is 5.51. The summed E-state index contributed by atoms with van der Waals surface area (Å²) in [6.45, 7) is 2.72. The van der Waals surface area contributed by atoms with Gasteiger partial charge < -0.3 is 9.88 Å². The van der Waals surface area contributed by atoms with E-state index in [0.717, 1.165) is 6.42 Å². The number of fused-ring (bicyclic) bond motifs is 1. The molecule has 3 aromatic rings. The second kappa shape index (κ2) is 7.95. The van der Waals surface area contributed by atoms with Gasteiger partial charge in [-0.1, -0.05) is 36.7 Å². The van der Waals surface area contributed by atoms with Crippen LogP contribution in [0.25, 0.3) is 10.9 Å². The van der Waals surface area contributed by atoms with Crippen LogP contribution in [0.3, 0.4) is 0 Å². The molecule has 0 saturated heterocycles. The summed E-state index contributed by atoms with van der Waals surface area (Å²) in [7, 11) is 0. The van der Waals surface area contributed by atoms with Crippen molar-refractivity contribution < 1.29 is 9.18 Å². The fourth-order valence-electron chi connectivity index (χ4n) is 3.78. The number of carbonyl (C=O) groups is 1. The summed E-state index contributed by atoms with van der Waals surface area (Å²) in [5, 5.41) is 0.946. The highest BCUT2D eigenvalue weighted by atomic mass is 35.5. The molecule has 150 valence electrons. The highest BCUT2D eigenvalue weighted by Gasteiger charge is 2.46. The van der Waals surface area contributed by atoms with Gasteiger partial charge in [-0.2, -0.15) is 0 Å². The Kier molecular flexibility index (Phi) is 5.37. The molecule has 1 aliphatic rings. The van der Waals surface area contributed by atoms with Gasteiger partial charge in [-0.3, -0.25) is 9.59 Å². The third kappa shape index (κ3) is 4.03. The zero-order chi connectivity index (χ0) is 20.5. The largest absolute Gasteiger partial charge is 0.335 e. The maximum atomic E-state index is 14.1. The molecule has 1 aromatic heterocycles. The van der Waals surface area contributed by atoms with Crippen LogP contribution in [0.2, 0.25) is 5.02 Å². The number of carbonyl (C=O) groups excluding carboxylic acids is 1. The molecule has 1 aliphatic carbocycles. The number of halogens is 2. The molecule has 29 heavy (non-hydrogen) atoms. The smallest absolute Gasteiger partial charge is 0.258 e. The molecule has 1 heterocycles. The van der Waals surface area contributed by atoms with Gasteiger partial charge in [-0.15, -0.1) is 0 Å². The van der Waals surface area contributed by atoms with E-state index in [9.17, 15) is 14.0 Å². The van der Waals surface area contributed by atoms with Crippen LogP contribution < -0.4 is 5.56 Å². The topological polar surface area (TPSA) is 66.1 Å². The highest BCUT2D eigenvalue weighted by molar-refractivity contribution is 6.31. The Hall–Kier alpha value is -2.73. The lowest BCUT2D eigenvalue weighted by molar-refractivity contribution is -0.133. The molecule has 2 aromatic carbocycles. The van der Waals surface area contributed by atoms with Crippen molar-refractivity contribution in [3.8, 4) is 0 Å². The molecule has 1 N–H and O–H groups in total. The number of amides is 1. The molecule has 1 fully saturated rings. The average molecular weight is 414 g/mol. The van der Waals surface area contributed by atoms with Gasteiger partial charge in [-0.05, 0) is 48.6 Å². The van der Waals surface area contributed by atoms with Crippen molar-refractivity contribution in [3.63, 3.8) is 0 Å². The second-order valence-corrected chi connectivity index (χ2v) is 7.84. The van der Waals surface area contributed by atoms with E-state index in [-0.39, 0.29) is 35.7 Å². The molecule has 1 saturated carbocycles. The zero-order valence-corrected chi connectivity index (χ0v) is 16.7. The minimum absolute atomic E-state index is 0.0334.